The van der Waals surface area contributed by atoms with Crippen molar-refractivity contribution in [3.05, 3.63) is 18.6 Å². The molecule has 3 atom stereocenters. The molecule has 152 valence electrons. The van der Waals surface area contributed by atoms with Crippen LogP contribution in [-0.2, 0) is 4.74 Å². The standard InChI is InChI=1S/C21H31N5O2/c1-19(2,3)28-18(27)26-11-20(4)9-14(10-21(20,5)12-26)25(6)17-15-7-8-22-16(15)23-13-24-17/h7-8,13-14H,9-12H2,1-6H3,(H,22,23,24)/t14-,20+,21-. The summed E-state index contributed by atoms with van der Waals surface area (Å²) < 4.78 is 5.62. The molecular weight excluding hydrogens is 354 g/mol. The molecule has 3 heterocycles. The highest BCUT2D eigenvalue weighted by atomic mass is 16.6. The summed E-state index contributed by atoms with van der Waals surface area (Å²) in [7, 11) is 2.12. The third kappa shape index (κ3) is 3.01. The normalized spacial score (nSPS) is 29.9. The molecule has 7 nitrogen and oxygen atoms in total. The van der Waals surface area contributed by atoms with Gasteiger partial charge in [-0.1, -0.05) is 13.8 Å². The molecule has 2 aromatic heterocycles. The van der Waals surface area contributed by atoms with E-state index >= 15 is 0 Å². The summed E-state index contributed by atoms with van der Waals surface area (Å²) in [5.74, 6) is 0.965. The quantitative estimate of drug-likeness (QED) is 0.851. The number of hydrogen-bond acceptors (Lipinski definition) is 5. The molecule has 0 radical (unpaired) electrons. The lowest BCUT2D eigenvalue weighted by molar-refractivity contribution is 0.0264. The lowest BCUT2D eigenvalue weighted by Gasteiger charge is -2.31. The van der Waals surface area contributed by atoms with E-state index < -0.39 is 5.60 Å². The highest BCUT2D eigenvalue weighted by Crippen LogP contribution is 2.58. The van der Waals surface area contributed by atoms with E-state index in [2.05, 4.69) is 40.7 Å². The highest BCUT2D eigenvalue weighted by Gasteiger charge is 2.59. The smallest absolute Gasteiger partial charge is 0.410 e. The number of carbonyl (C=O) groups excluding carboxylic acids is 1. The van der Waals surface area contributed by atoms with Gasteiger partial charge in [-0.2, -0.15) is 0 Å². The lowest BCUT2D eigenvalue weighted by atomic mass is 9.71. The summed E-state index contributed by atoms with van der Waals surface area (Å²) in [4.78, 5) is 28.8. The van der Waals surface area contributed by atoms with Gasteiger partial charge in [0.05, 0.1) is 5.39 Å². The third-order valence-electron chi connectivity index (χ3n) is 6.78. The van der Waals surface area contributed by atoms with Crippen LogP contribution in [0.2, 0.25) is 0 Å². The Bertz CT molecular complexity index is 884. The summed E-state index contributed by atoms with van der Waals surface area (Å²) >= 11 is 0. The molecule has 1 N–H and O–H groups in total. The van der Waals surface area contributed by atoms with Gasteiger partial charge in [-0.05, 0) is 50.5 Å². The number of likely N-dealkylation sites (tertiary alicyclic amines) is 1. The molecule has 0 aromatic carbocycles. The maximum Gasteiger partial charge on any atom is 0.410 e. The maximum atomic E-state index is 12.6. The van der Waals surface area contributed by atoms with Gasteiger partial charge in [-0.15, -0.1) is 0 Å². The summed E-state index contributed by atoms with van der Waals surface area (Å²) in [5, 5.41) is 1.05. The number of H-pyrrole nitrogens is 1. The fourth-order valence-corrected chi connectivity index (χ4v) is 5.06. The van der Waals surface area contributed by atoms with Gasteiger partial charge in [0.15, 0.2) is 0 Å². The van der Waals surface area contributed by atoms with Crippen molar-refractivity contribution in [2.24, 2.45) is 10.8 Å². The number of aromatic nitrogens is 3. The summed E-state index contributed by atoms with van der Waals surface area (Å²) in [6.45, 7) is 11.9. The van der Waals surface area contributed by atoms with E-state index in [0.717, 1.165) is 42.8 Å². The molecule has 2 fully saturated rings. The molecule has 1 aliphatic heterocycles. The van der Waals surface area contributed by atoms with Gasteiger partial charge >= 0.3 is 6.09 Å². The minimum Gasteiger partial charge on any atom is -0.444 e. The Labute approximate surface area is 166 Å². The van der Waals surface area contributed by atoms with E-state index in [4.69, 9.17) is 4.74 Å². The van der Waals surface area contributed by atoms with Crippen LogP contribution in [-0.4, -0.2) is 57.7 Å². The second-order valence-corrected chi connectivity index (χ2v) is 10.1. The average molecular weight is 386 g/mol. The third-order valence-corrected chi connectivity index (χ3v) is 6.78. The SMILES string of the molecule is CN(c1ncnc2[nH]ccc12)[C@@H]1C[C@@]2(C)CN(C(=O)OC(C)(C)C)C[C@@]2(C)C1. The molecule has 0 spiro atoms. The van der Waals surface area contributed by atoms with Crippen LogP contribution in [0.3, 0.4) is 0 Å². The van der Waals surface area contributed by atoms with Crippen LogP contribution in [0.5, 0.6) is 0 Å². The van der Waals surface area contributed by atoms with Crippen molar-refractivity contribution in [2.75, 3.05) is 25.0 Å². The Balaban J connectivity index is 1.52. The minimum absolute atomic E-state index is 0.0626. The van der Waals surface area contributed by atoms with Gasteiger partial charge in [-0.3, -0.25) is 0 Å². The number of nitrogens with zero attached hydrogens (tertiary/aromatic N) is 4. The molecule has 1 saturated carbocycles. The van der Waals surface area contributed by atoms with Gasteiger partial charge in [-0.25, -0.2) is 14.8 Å². The largest absolute Gasteiger partial charge is 0.444 e. The first kappa shape index (κ1) is 19.0. The topological polar surface area (TPSA) is 74.4 Å². The van der Waals surface area contributed by atoms with Crippen LogP contribution in [0.25, 0.3) is 11.0 Å². The van der Waals surface area contributed by atoms with Gasteiger partial charge in [0.2, 0.25) is 0 Å². The van der Waals surface area contributed by atoms with Crippen LogP contribution in [0.4, 0.5) is 10.6 Å². The molecule has 2 aliphatic rings. The van der Waals surface area contributed by atoms with Gasteiger partial charge < -0.3 is 19.5 Å². The highest BCUT2D eigenvalue weighted by molar-refractivity contribution is 5.87. The molecule has 0 bridgehead atoms. The Morgan fingerprint density at radius 1 is 1.25 bits per heavy atom. The first-order valence-electron chi connectivity index (χ1n) is 10.0. The molecular formula is C21H31N5O2. The van der Waals surface area contributed by atoms with Crippen LogP contribution in [0, 0.1) is 10.8 Å². The van der Waals surface area contributed by atoms with Gasteiger partial charge in [0.25, 0.3) is 0 Å². The number of anilines is 1. The Kier molecular flexibility index (Phi) is 4.14. The molecule has 28 heavy (non-hydrogen) atoms. The van der Waals surface area contributed by atoms with Crippen molar-refractivity contribution in [1.29, 1.82) is 0 Å². The maximum absolute atomic E-state index is 12.6. The second-order valence-electron chi connectivity index (χ2n) is 10.1. The Morgan fingerprint density at radius 3 is 2.50 bits per heavy atom. The molecule has 0 unspecified atom stereocenters. The predicted molar refractivity (Wildman–Crippen MR) is 109 cm³/mol. The zero-order valence-electron chi connectivity index (χ0n) is 17.7. The second kappa shape index (κ2) is 6.09. The van der Waals surface area contributed by atoms with Crippen molar-refractivity contribution >= 4 is 22.9 Å². The lowest BCUT2D eigenvalue weighted by Crippen LogP contribution is -2.39. The van der Waals surface area contributed by atoms with Crippen LogP contribution in [0.1, 0.15) is 47.5 Å². The van der Waals surface area contributed by atoms with E-state index in [-0.39, 0.29) is 16.9 Å². The van der Waals surface area contributed by atoms with Crippen molar-refractivity contribution in [2.45, 2.75) is 59.1 Å². The number of nitrogens with one attached hydrogen (secondary N) is 1. The number of amides is 1. The number of ether oxygens (including phenoxy) is 1. The van der Waals surface area contributed by atoms with Crippen molar-refractivity contribution < 1.29 is 9.53 Å². The predicted octanol–water partition coefficient (Wildman–Crippen LogP) is 3.82. The fourth-order valence-electron chi connectivity index (χ4n) is 5.06. The minimum atomic E-state index is -0.464. The molecule has 1 aliphatic carbocycles. The average Bonchev–Trinajstić information content (AvgIpc) is 3.21. The number of fused-ring (bicyclic) bond motifs is 2. The van der Waals surface area contributed by atoms with Gasteiger partial charge in [0.1, 0.15) is 23.4 Å². The van der Waals surface area contributed by atoms with Gasteiger partial charge in [0, 0.05) is 32.4 Å². The first-order chi connectivity index (χ1) is 13.0. The summed E-state index contributed by atoms with van der Waals surface area (Å²) in [6.07, 6.45) is 5.37. The van der Waals surface area contributed by atoms with E-state index in [0.29, 0.717) is 6.04 Å². The van der Waals surface area contributed by atoms with Crippen molar-refractivity contribution in [3.8, 4) is 0 Å². The van der Waals surface area contributed by atoms with Crippen LogP contribution >= 0.6 is 0 Å². The molecule has 2 aromatic rings. The summed E-state index contributed by atoms with van der Waals surface area (Å²) in [6, 6.07) is 2.41. The Hall–Kier alpha value is -2.31. The number of rotatable bonds is 2. The zero-order chi connectivity index (χ0) is 20.3. The molecule has 1 saturated heterocycles. The number of aromatic amines is 1. The number of carbonyl (C=O) groups is 1. The summed E-state index contributed by atoms with van der Waals surface area (Å²) in [5.41, 5.74) is 0.526. The fraction of sp³-hybridized carbons (Fsp3) is 0.667. The van der Waals surface area contributed by atoms with E-state index in [1.165, 1.54) is 0 Å². The first-order valence-corrected chi connectivity index (χ1v) is 10.0. The monoisotopic (exact) mass is 385 g/mol. The van der Waals surface area contributed by atoms with E-state index in [1.54, 1.807) is 6.33 Å². The number of hydrogen-bond donors (Lipinski definition) is 1. The van der Waals surface area contributed by atoms with E-state index in [9.17, 15) is 4.79 Å². The van der Waals surface area contributed by atoms with Crippen molar-refractivity contribution in [1.82, 2.24) is 19.9 Å². The zero-order valence-corrected chi connectivity index (χ0v) is 17.7. The molecule has 7 heteroatoms. The van der Waals surface area contributed by atoms with Crippen molar-refractivity contribution in [3.63, 3.8) is 0 Å². The van der Waals surface area contributed by atoms with Crippen LogP contribution < -0.4 is 4.90 Å². The molecule has 4 rings (SSSR count). The molecule has 1 amide bonds. The Morgan fingerprint density at radius 2 is 1.89 bits per heavy atom. The van der Waals surface area contributed by atoms with Crippen LogP contribution in [0.15, 0.2) is 18.6 Å². The van der Waals surface area contributed by atoms with E-state index in [1.807, 2.05) is 37.9 Å².